The van der Waals surface area contributed by atoms with Crippen LogP contribution in [0, 0.1) is 3.57 Å². The number of hydrogen-bond donors (Lipinski definition) is 1. The van der Waals surface area contributed by atoms with Crippen molar-refractivity contribution in [1.82, 2.24) is 10.2 Å². The summed E-state index contributed by atoms with van der Waals surface area (Å²) in [6.45, 7) is 3.66. The van der Waals surface area contributed by atoms with E-state index in [4.69, 9.17) is 23.2 Å². The number of nitrogens with zero attached hydrogens (tertiary/aromatic N) is 2. The van der Waals surface area contributed by atoms with Crippen LogP contribution in [0.3, 0.4) is 0 Å². The van der Waals surface area contributed by atoms with Crippen LogP contribution in [0.1, 0.15) is 32.3 Å². The Kier molecular flexibility index (Phi) is 10.9. The second-order valence-electron chi connectivity index (χ2n) is 7.82. The van der Waals surface area contributed by atoms with Crippen LogP contribution in [0.25, 0.3) is 0 Å². The summed E-state index contributed by atoms with van der Waals surface area (Å²) in [5, 5.41) is 3.62. The maximum atomic E-state index is 13.5. The van der Waals surface area contributed by atoms with Gasteiger partial charge in [0.25, 0.3) is 0 Å². The van der Waals surface area contributed by atoms with Crippen LogP contribution in [0.4, 0.5) is 5.69 Å². The highest BCUT2D eigenvalue weighted by atomic mass is 127. The van der Waals surface area contributed by atoms with Crippen LogP contribution in [0.5, 0.6) is 0 Å². The molecule has 0 aliphatic heterocycles. The Morgan fingerprint density at radius 1 is 1.12 bits per heavy atom. The van der Waals surface area contributed by atoms with E-state index in [1.54, 1.807) is 49.4 Å². The number of halogens is 3. The van der Waals surface area contributed by atoms with E-state index in [0.717, 1.165) is 27.0 Å². The predicted octanol–water partition coefficient (Wildman–Crippen LogP) is 4.70. The van der Waals surface area contributed by atoms with Gasteiger partial charge in [0.15, 0.2) is 0 Å². The number of anilines is 1. The first kappa shape index (κ1) is 28.7. The molecule has 0 aromatic heterocycles. The fourth-order valence-electron chi connectivity index (χ4n) is 3.17. The van der Waals surface area contributed by atoms with Crippen molar-refractivity contribution in [2.75, 3.05) is 23.7 Å². The van der Waals surface area contributed by atoms with Gasteiger partial charge >= 0.3 is 0 Å². The maximum absolute atomic E-state index is 13.5. The molecule has 0 aliphatic rings. The van der Waals surface area contributed by atoms with Crippen molar-refractivity contribution in [2.24, 2.45) is 0 Å². The van der Waals surface area contributed by atoms with Gasteiger partial charge in [-0.2, -0.15) is 0 Å². The molecule has 2 rings (SSSR count). The standard InChI is InChI=1S/C23H28Cl2IN3O4S/c1-4-5-12-27-23(31)16(2)28(14-17-6-7-18(24)13-21(17)25)22(30)15-29(34(3,32)33)20-10-8-19(26)9-11-20/h6-11,13,16H,4-5,12,14-15H2,1-3H3,(H,27,31)/t16-/m1/s1. The lowest BCUT2D eigenvalue weighted by Gasteiger charge is -2.31. The highest BCUT2D eigenvalue weighted by molar-refractivity contribution is 14.1. The molecule has 2 aromatic rings. The number of nitrogens with one attached hydrogen (secondary N) is 1. The minimum Gasteiger partial charge on any atom is -0.354 e. The van der Waals surface area contributed by atoms with E-state index in [2.05, 4.69) is 27.9 Å². The van der Waals surface area contributed by atoms with Crippen molar-refractivity contribution in [1.29, 1.82) is 0 Å². The molecule has 0 unspecified atom stereocenters. The maximum Gasteiger partial charge on any atom is 0.244 e. The fourth-order valence-corrected chi connectivity index (χ4v) is 4.85. The Morgan fingerprint density at radius 3 is 2.32 bits per heavy atom. The molecule has 186 valence electrons. The van der Waals surface area contributed by atoms with Gasteiger partial charge in [-0.1, -0.05) is 42.6 Å². The molecular formula is C23H28Cl2IN3O4S. The minimum absolute atomic E-state index is 0.0154. The van der Waals surface area contributed by atoms with Gasteiger partial charge in [-0.15, -0.1) is 0 Å². The van der Waals surface area contributed by atoms with Crippen LogP contribution in [-0.4, -0.2) is 50.5 Å². The third kappa shape index (κ3) is 8.28. The van der Waals surface area contributed by atoms with E-state index in [-0.39, 0.29) is 12.5 Å². The summed E-state index contributed by atoms with van der Waals surface area (Å²) in [7, 11) is -3.77. The molecule has 0 saturated carbocycles. The summed E-state index contributed by atoms with van der Waals surface area (Å²) in [6, 6.07) is 10.8. The molecule has 11 heteroatoms. The van der Waals surface area contributed by atoms with Crippen LogP contribution in [-0.2, 0) is 26.2 Å². The first-order chi connectivity index (χ1) is 15.9. The van der Waals surface area contributed by atoms with Crippen molar-refractivity contribution in [3.8, 4) is 0 Å². The largest absolute Gasteiger partial charge is 0.354 e. The zero-order valence-corrected chi connectivity index (χ0v) is 23.7. The molecule has 1 N–H and O–H groups in total. The van der Waals surface area contributed by atoms with Crippen molar-refractivity contribution in [3.63, 3.8) is 0 Å². The molecule has 1 atom stereocenters. The number of amides is 2. The molecule has 7 nitrogen and oxygen atoms in total. The molecule has 0 bridgehead atoms. The van der Waals surface area contributed by atoms with Crippen LogP contribution in [0.15, 0.2) is 42.5 Å². The van der Waals surface area contributed by atoms with Crippen LogP contribution < -0.4 is 9.62 Å². The van der Waals surface area contributed by atoms with Crippen LogP contribution in [0.2, 0.25) is 10.0 Å². The summed E-state index contributed by atoms with van der Waals surface area (Å²) in [5.74, 6) is -0.861. The molecule has 2 aromatic carbocycles. The Morgan fingerprint density at radius 2 is 1.76 bits per heavy atom. The van der Waals surface area contributed by atoms with E-state index < -0.39 is 28.5 Å². The average molecular weight is 640 g/mol. The van der Waals surface area contributed by atoms with Crippen molar-refractivity contribution >= 4 is 73.3 Å². The van der Waals surface area contributed by atoms with Gasteiger partial charge in [0.1, 0.15) is 12.6 Å². The predicted molar refractivity (Wildman–Crippen MR) is 146 cm³/mol. The molecule has 0 saturated heterocycles. The van der Waals surface area contributed by atoms with E-state index in [0.29, 0.717) is 27.8 Å². The molecule has 2 amide bonds. The zero-order chi connectivity index (χ0) is 25.5. The summed E-state index contributed by atoms with van der Waals surface area (Å²) >= 11 is 14.4. The Hall–Kier alpha value is -1.56. The van der Waals surface area contributed by atoms with Gasteiger partial charge < -0.3 is 10.2 Å². The highest BCUT2D eigenvalue weighted by Crippen LogP contribution is 2.24. The normalized spacial score (nSPS) is 12.2. The Labute approximate surface area is 225 Å². The summed E-state index contributed by atoms with van der Waals surface area (Å²) in [5.41, 5.74) is 0.952. The van der Waals surface area contributed by atoms with Gasteiger partial charge in [-0.05, 0) is 77.9 Å². The summed E-state index contributed by atoms with van der Waals surface area (Å²) < 4.78 is 27.0. The van der Waals surface area contributed by atoms with E-state index in [1.165, 1.54) is 4.90 Å². The number of rotatable bonds is 11. The summed E-state index contributed by atoms with van der Waals surface area (Å²) in [6.07, 6.45) is 2.76. The number of carbonyl (C=O) groups is 2. The molecule has 0 radical (unpaired) electrons. The Bertz CT molecular complexity index is 1110. The van der Waals surface area contributed by atoms with Gasteiger partial charge in [0.05, 0.1) is 11.9 Å². The second kappa shape index (κ2) is 12.9. The van der Waals surface area contributed by atoms with Gasteiger partial charge in [0.2, 0.25) is 21.8 Å². The number of sulfonamides is 1. The van der Waals surface area contributed by atoms with Gasteiger partial charge in [-0.3, -0.25) is 13.9 Å². The van der Waals surface area contributed by atoms with Gasteiger partial charge in [-0.25, -0.2) is 8.42 Å². The molecule has 0 heterocycles. The number of carbonyl (C=O) groups excluding carboxylic acids is 2. The third-order valence-electron chi connectivity index (χ3n) is 5.15. The first-order valence-corrected chi connectivity index (χ1v) is 14.4. The highest BCUT2D eigenvalue weighted by Gasteiger charge is 2.30. The third-order valence-corrected chi connectivity index (χ3v) is 7.59. The molecule has 0 aliphatic carbocycles. The molecule has 34 heavy (non-hydrogen) atoms. The first-order valence-electron chi connectivity index (χ1n) is 10.7. The lowest BCUT2D eigenvalue weighted by atomic mass is 10.1. The minimum atomic E-state index is -3.77. The van der Waals surface area contributed by atoms with Crippen molar-refractivity contribution < 1.29 is 18.0 Å². The number of hydrogen-bond acceptors (Lipinski definition) is 4. The van der Waals surface area contributed by atoms with E-state index >= 15 is 0 Å². The van der Waals surface area contributed by atoms with Crippen LogP contribution >= 0.6 is 45.8 Å². The lowest BCUT2D eigenvalue weighted by molar-refractivity contribution is -0.139. The van der Waals surface area contributed by atoms with Crippen molar-refractivity contribution in [2.45, 2.75) is 39.3 Å². The Balaban J connectivity index is 2.37. The van der Waals surface area contributed by atoms with E-state index in [9.17, 15) is 18.0 Å². The molecular weight excluding hydrogens is 612 g/mol. The topological polar surface area (TPSA) is 86.8 Å². The molecule has 0 spiro atoms. The smallest absolute Gasteiger partial charge is 0.244 e. The zero-order valence-electron chi connectivity index (χ0n) is 19.2. The average Bonchev–Trinajstić information content (AvgIpc) is 2.76. The lowest BCUT2D eigenvalue weighted by Crippen LogP contribution is -2.51. The summed E-state index contributed by atoms with van der Waals surface area (Å²) in [4.78, 5) is 27.6. The van der Waals surface area contributed by atoms with E-state index in [1.807, 2.05) is 6.92 Å². The fraction of sp³-hybridized carbons (Fsp3) is 0.391. The second-order valence-corrected chi connectivity index (χ2v) is 11.8. The SMILES string of the molecule is CCCCNC(=O)[C@@H](C)N(Cc1ccc(Cl)cc1Cl)C(=O)CN(c1ccc(I)cc1)S(C)(=O)=O. The number of benzene rings is 2. The number of unbranched alkanes of at least 4 members (excludes halogenated alkanes) is 1. The van der Waals surface area contributed by atoms with Crippen molar-refractivity contribution in [3.05, 3.63) is 61.6 Å². The monoisotopic (exact) mass is 639 g/mol. The molecule has 0 fully saturated rings. The quantitative estimate of drug-likeness (QED) is 0.285. The van der Waals surface area contributed by atoms with Gasteiger partial charge in [0, 0.05) is 26.7 Å².